The summed E-state index contributed by atoms with van der Waals surface area (Å²) in [4.78, 5) is 21.2. The fourth-order valence-electron chi connectivity index (χ4n) is 0.925. The smallest absolute Gasteiger partial charge is 0.296 e. The van der Waals surface area contributed by atoms with Crippen molar-refractivity contribution in [2.24, 2.45) is 5.18 Å². The number of aromatic amines is 1. The fourth-order valence-corrected chi connectivity index (χ4v) is 0.925. The van der Waals surface area contributed by atoms with E-state index < -0.39 is 0 Å². The fraction of sp³-hybridized carbons (Fsp3) is 0.500. The molecule has 11 heavy (non-hydrogen) atoms. The molecule has 1 aromatic heterocycles. The first-order chi connectivity index (χ1) is 5.20. The van der Waals surface area contributed by atoms with Crippen LogP contribution in [-0.2, 0) is 6.54 Å². The summed E-state index contributed by atoms with van der Waals surface area (Å²) in [6.07, 6.45) is 0. The van der Waals surface area contributed by atoms with Crippen LogP contribution < -0.4 is 5.56 Å². The van der Waals surface area contributed by atoms with E-state index in [4.69, 9.17) is 0 Å². The maximum Gasteiger partial charge on any atom is 0.296 e. The van der Waals surface area contributed by atoms with Gasteiger partial charge in [0, 0.05) is 6.54 Å². The molecule has 0 atom stereocenters. The van der Waals surface area contributed by atoms with Gasteiger partial charge in [-0.25, -0.2) is 0 Å². The second-order valence-electron chi connectivity index (χ2n) is 2.23. The minimum atomic E-state index is -0.347. The van der Waals surface area contributed by atoms with Crippen molar-refractivity contribution < 1.29 is 0 Å². The molecule has 0 aliphatic carbocycles. The number of rotatable bonds is 2. The van der Waals surface area contributed by atoms with Crippen LogP contribution >= 0.6 is 0 Å². The lowest BCUT2D eigenvalue weighted by Gasteiger charge is -1.90. The summed E-state index contributed by atoms with van der Waals surface area (Å²) in [5.74, 6) is 0. The Morgan fingerprint density at radius 1 is 1.64 bits per heavy atom. The third-order valence-corrected chi connectivity index (χ3v) is 1.51. The minimum Gasteiger partial charge on any atom is -0.298 e. The highest BCUT2D eigenvalue weighted by molar-refractivity contribution is 5.38. The average Bonchev–Trinajstić information content (AvgIpc) is 2.26. The molecule has 0 aliphatic heterocycles. The van der Waals surface area contributed by atoms with Crippen LogP contribution in [0.15, 0.2) is 9.97 Å². The van der Waals surface area contributed by atoms with E-state index in [9.17, 15) is 9.70 Å². The predicted molar refractivity (Wildman–Crippen MR) is 40.9 cm³/mol. The van der Waals surface area contributed by atoms with Crippen molar-refractivity contribution in [1.29, 1.82) is 0 Å². The summed E-state index contributed by atoms with van der Waals surface area (Å²) in [5, 5.41) is 5.35. The Morgan fingerprint density at radius 2 is 2.27 bits per heavy atom. The van der Waals surface area contributed by atoms with E-state index in [2.05, 4.69) is 10.3 Å². The number of nitrogens with zero attached hydrogens (tertiary/aromatic N) is 2. The zero-order chi connectivity index (χ0) is 8.43. The van der Waals surface area contributed by atoms with Gasteiger partial charge in [-0.3, -0.25) is 14.6 Å². The van der Waals surface area contributed by atoms with Gasteiger partial charge < -0.3 is 0 Å². The van der Waals surface area contributed by atoms with E-state index >= 15 is 0 Å². The highest BCUT2D eigenvalue weighted by Gasteiger charge is 2.08. The monoisotopic (exact) mass is 155 g/mol. The van der Waals surface area contributed by atoms with E-state index in [0.717, 1.165) is 0 Å². The largest absolute Gasteiger partial charge is 0.298 e. The molecule has 0 saturated carbocycles. The first kappa shape index (κ1) is 7.71. The summed E-state index contributed by atoms with van der Waals surface area (Å²) in [7, 11) is 0. The van der Waals surface area contributed by atoms with Gasteiger partial charge in [-0.2, -0.15) is 0 Å². The van der Waals surface area contributed by atoms with Crippen LogP contribution in [0.2, 0.25) is 0 Å². The number of H-pyrrole nitrogens is 1. The lowest BCUT2D eigenvalue weighted by molar-refractivity contribution is 0.633. The molecule has 0 unspecified atom stereocenters. The molecule has 60 valence electrons. The standard InChI is InChI=1S/C6H9N3O2/c1-3-9-6(10)5(8-11)4(2)7-9/h7H,3H2,1-2H3. The van der Waals surface area contributed by atoms with E-state index in [1.54, 1.807) is 6.92 Å². The highest BCUT2D eigenvalue weighted by Crippen LogP contribution is 2.08. The Hall–Kier alpha value is -1.39. The molecule has 1 rings (SSSR count). The van der Waals surface area contributed by atoms with Crippen molar-refractivity contribution in [3.63, 3.8) is 0 Å². The van der Waals surface area contributed by atoms with Crippen LogP contribution in [0.3, 0.4) is 0 Å². The van der Waals surface area contributed by atoms with Crippen LogP contribution in [-0.4, -0.2) is 9.78 Å². The lowest BCUT2D eigenvalue weighted by atomic mass is 10.4. The summed E-state index contributed by atoms with van der Waals surface area (Å²) < 4.78 is 1.34. The first-order valence-electron chi connectivity index (χ1n) is 3.33. The van der Waals surface area contributed by atoms with Crippen LogP contribution in [0.1, 0.15) is 12.6 Å². The van der Waals surface area contributed by atoms with Crippen LogP contribution in [0, 0.1) is 11.8 Å². The van der Waals surface area contributed by atoms with Crippen molar-refractivity contribution in [1.82, 2.24) is 9.78 Å². The van der Waals surface area contributed by atoms with Gasteiger partial charge >= 0.3 is 0 Å². The molecular formula is C6H9N3O2. The van der Waals surface area contributed by atoms with E-state index in [0.29, 0.717) is 12.2 Å². The molecule has 0 fully saturated rings. The van der Waals surface area contributed by atoms with E-state index in [1.807, 2.05) is 6.92 Å². The van der Waals surface area contributed by atoms with Crippen molar-refractivity contribution in [2.75, 3.05) is 0 Å². The van der Waals surface area contributed by atoms with Crippen LogP contribution in [0.25, 0.3) is 0 Å². The summed E-state index contributed by atoms with van der Waals surface area (Å²) in [5.41, 5.74) is 0.152. The summed E-state index contributed by atoms with van der Waals surface area (Å²) >= 11 is 0. The molecule has 0 spiro atoms. The Kier molecular flexibility index (Phi) is 1.89. The van der Waals surface area contributed by atoms with Gasteiger partial charge in [0.05, 0.1) is 5.69 Å². The van der Waals surface area contributed by atoms with Gasteiger partial charge in [-0.05, 0) is 19.0 Å². The quantitative estimate of drug-likeness (QED) is 0.645. The first-order valence-corrected chi connectivity index (χ1v) is 3.33. The maximum absolute atomic E-state index is 11.1. The molecule has 1 aromatic rings. The van der Waals surface area contributed by atoms with Gasteiger partial charge in [-0.15, -0.1) is 4.91 Å². The van der Waals surface area contributed by atoms with Crippen molar-refractivity contribution in [2.45, 2.75) is 20.4 Å². The number of nitrogens with one attached hydrogen (secondary N) is 1. The molecule has 0 aliphatic rings. The van der Waals surface area contributed by atoms with Crippen molar-refractivity contribution in [3.8, 4) is 0 Å². The Morgan fingerprint density at radius 3 is 2.55 bits per heavy atom. The average molecular weight is 155 g/mol. The maximum atomic E-state index is 11.1. The topological polar surface area (TPSA) is 67.2 Å². The van der Waals surface area contributed by atoms with Gasteiger partial charge in [0.1, 0.15) is 0 Å². The van der Waals surface area contributed by atoms with E-state index in [1.165, 1.54) is 4.68 Å². The molecule has 1 heterocycles. The van der Waals surface area contributed by atoms with Gasteiger partial charge in [-0.1, -0.05) is 0 Å². The lowest BCUT2D eigenvalue weighted by Crippen LogP contribution is -2.14. The van der Waals surface area contributed by atoms with Gasteiger partial charge in [0.25, 0.3) is 5.56 Å². The van der Waals surface area contributed by atoms with Crippen molar-refractivity contribution >= 4 is 5.69 Å². The van der Waals surface area contributed by atoms with Crippen LogP contribution in [0.4, 0.5) is 5.69 Å². The summed E-state index contributed by atoms with van der Waals surface area (Å²) in [6.45, 7) is 3.98. The second kappa shape index (κ2) is 2.69. The Bertz CT molecular complexity index is 323. The minimum absolute atomic E-state index is 0.0214. The molecule has 0 aromatic carbocycles. The summed E-state index contributed by atoms with van der Waals surface area (Å²) in [6, 6.07) is 0. The SMILES string of the molecule is CCn1[nH]c(C)c(N=O)c1=O. The normalized spacial score (nSPS) is 10.0. The molecule has 0 bridgehead atoms. The number of aromatic nitrogens is 2. The predicted octanol–water partition coefficient (Wildman–Crippen LogP) is 0.903. The molecule has 0 radical (unpaired) electrons. The Balaban J connectivity index is 3.36. The zero-order valence-corrected chi connectivity index (χ0v) is 6.42. The third kappa shape index (κ3) is 1.09. The number of aryl methyl sites for hydroxylation is 2. The zero-order valence-electron chi connectivity index (χ0n) is 6.42. The molecule has 5 heteroatoms. The molecule has 5 nitrogen and oxygen atoms in total. The van der Waals surface area contributed by atoms with E-state index in [-0.39, 0.29) is 11.2 Å². The molecule has 1 N–H and O–H groups in total. The molecular weight excluding hydrogens is 146 g/mol. The van der Waals surface area contributed by atoms with Gasteiger partial charge in [0.15, 0.2) is 5.69 Å². The second-order valence-corrected chi connectivity index (χ2v) is 2.23. The number of nitroso groups, excluding NO2 is 1. The highest BCUT2D eigenvalue weighted by atomic mass is 16.3. The molecule has 0 saturated heterocycles. The Labute approximate surface area is 63.0 Å². The van der Waals surface area contributed by atoms with Crippen molar-refractivity contribution in [3.05, 3.63) is 21.0 Å². The van der Waals surface area contributed by atoms with Gasteiger partial charge in [0.2, 0.25) is 0 Å². The molecule has 0 amide bonds. The number of hydrogen-bond donors (Lipinski definition) is 1. The van der Waals surface area contributed by atoms with Crippen LogP contribution in [0.5, 0.6) is 0 Å². The number of hydrogen-bond acceptors (Lipinski definition) is 3. The third-order valence-electron chi connectivity index (χ3n) is 1.51.